The van der Waals surface area contributed by atoms with E-state index in [0.717, 1.165) is 104 Å². The lowest BCUT2D eigenvalue weighted by Gasteiger charge is -2.50. The first kappa shape index (κ1) is 44.2. The third-order valence-electron chi connectivity index (χ3n) is 14.9. The number of hydrogen-bond donors (Lipinski definition) is 3. The van der Waals surface area contributed by atoms with Crippen LogP contribution in [0.4, 0.5) is 30.2 Å². The number of benzene rings is 3. The molecule has 6 aliphatic heterocycles. The summed E-state index contributed by atoms with van der Waals surface area (Å²) in [5, 5.41) is 2.71. The molecule has 0 aliphatic carbocycles. The molecule has 15 nitrogen and oxygen atoms in total. The van der Waals surface area contributed by atoms with E-state index in [0.29, 0.717) is 41.0 Å². The van der Waals surface area contributed by atoms with Gasteiger partial charge in [0.05, 0.1) is 11.3 Å². The predicted octanol–water partition coefficient (Wildman–Crippen LogP) is 5.63. The zero-order valence-electron chi connectivity index (χ0n) is 37.1. The van der Waals surface area contributed by atoms with E-state index < -0.39 is 57.0 Å². The van der Waals surface area contributed by atoms with Crippen LogP contribution in [0.1, 0.15) is 70.4 Å². The highest BCUT2D eigenvalue weighted by Crippen LogP contribution is 2.44. The maximum atomic E-state index is 15.8. The molecule has 354 valence electrons. The topological polar surface area (TPSA) is 171 Å². The fourth-order valence-corrected chi connectivity index (χ4v) is 12.4. The Morgan fingerprint density at radius 3 is 2.40 bits per heavy atom. The van der Waals surface area contributed by atoms with E-state index in [1.165, 1.54) is 6.20 Å². The minimum Gasteiger partial charge on any atom is -0.372 e. The van der Waals surface area contributed by atoms with Crippen LogP contribution in [0.25, 0.3) is 22.2 Å². The van der Waals surface area contributed by atoms with Crippen molar-refractivity contribution in [2.45, 2.75) is 57.3 Å². The smallest absolute Gasteiger partial charge is 0.301 e. The maximum absolute atomic E-state index is 15.8. The number of halogens is 3. The van der Waals surface area contributed by atoms with Gasteiger partial charge in [-0.1, -0.05) is 12.1 Å². The first-order valence-electron chi connectivity index (χ1n) is 23.2. The van der Waals surface area contributed by atoms with Gasteiger partial charge in [-0.25, -0.2) is 18.2 Å². The first-order valence-corrected chi connectivity index (χ1v) is 24.7. The van der Waals surface area contributed by atoms with E-state index in [2.05, 4.69) is 48.2 Å². The standard InChI is InChI=1S/C49H50F3N9O6S/c50-33-13-17-60(25-33)68(66,67)56-40-8-7-39(51)43(44(40)52)45(63)38-22-54-46-37(38)20-31(21-53-46)30-1-3-34(4-2-30)58-15-11-29(12-16-58)23-57-18-14-49(26-57)27-59(28-49)35-5-6-36-32(19-35)24-61(48(36)65)41-9-10-42(62)55-47(41)64/h1-8,19-22,29,33,41,56H,9-18,23-28H2,(H,53,54)(H,55,62,64)/t33-,41?/m1/s1. The normalized spacial score (nSPS) is 22.3. The fraction of sp³-hybridized carbons (Fsp3) is 0.408. The fourth-order valence-electron chi connectivity index (χ4n) is 11.2. The summed E-state index contributed by atoms with van der Waals surface area (Å²) in [6.45, 7) is 6.96. The summed E-state index contributed by atoms with van der Waals surface area (Å²) in [6, 6.07) is 16.9. The second-order valence-corrected chi connectivity index (χ2v) is 21.0. The molecular weight excluding hydrogens is 900 g/mol. The number of carbonyl (C=O) groups is 4. The molecule has 0 bridgehead atoms. The van der Waals surface area contributed by atoms with E-state index in [1.807, 2.05) is 29.0 Å². The Morgan fingerprint density at radius 2 is 1.65 bits per heavy atom. The van der Waals surface area contributed by atoms with Gasteiger partial charge in [-0.2, -0.15) is 12.7 Å². The Morgan fingerprint density at radius 1 is 0.868 bits per heavy atom. The largest absolute Gasteiger partial charge is 0.372 e. The van der Waals surface area contributed by atoms with Crippen LogP contribution in [0.5, 0.6) is 0 Å². The van der Waals surface area contributed by atoms with Crippen LogP contribution in [0, 0.1) is 23.0 Å². The summed E-state index contributed by atoms with van der Waals surface area (Å²) >= 11 is 0. The summed E-state index contributed by atoms with van der Waals surface area (Å²) in [7, 11) is -4.35. The Hall–Kier alpha value is -6.31. The van der Waals surface area contributed by atoms with Gasteiger partial charge in [0, 0.05) is 117 Å². The number of rotatable bonds is 11. The molecule has 1 unspecified atom stereocenters. The molecule has 3 amide bonds. The SMILES string of the molecule is O=C1CCC(N2Cc3cc(N4CC5(CCN(CC6CCN(c7ccc(-c8cnc9[nH]cc(C(=O)c%10c(F)ccc(NS(=O)(=O)N%11CC[C@@H](F)C%11)c%10F)c9c8)cc7)CC6)C5)C4)ccc3C2=O)C(=O)N1. The van der Waals surface area contributed by atoms with Gasteiger partial charge in [0.25, 0.3) is 5.91 Å². The third-order valence-corrected chi connectivity index (χ3v) is 16.4. The van der Waals surface area contributed by atoms with Crippen molar-refractivity contribution in [3.8, 4) is 11.1 Å². The van der Waals surface area contributed by atoms with Crippen molar-refractivity contribution >= 4 is 61.8 Å². The Balaban J connectivity index is 0.679. The van der Waals surface area contributed by atoms with Crippen LogP contribution in [0.3, 0.4) is 0 Å². The number of carbonyl (C=O) groups excluding carboxylic acids is 4. The molecule has 5 aromatic rings. The number of nitrogens with one attached hydrogen (secondary N) is 3. The van der Waals surface area contributed by atoms with Crippen LogP contribution >= 0.6 is 0 Å². The maximum Gasteiger partial charge on any atom is 0.301 e. The second-order valence-electron chi connectivity index (χ2n) is 19.3. The van der Waals surface area contributed by atoms with E-state index in [4.69, 9.17) is 0 Å². The molecule has 2 aromatic heterocycles. The van der Waals surface area contributed by atoms with Crippen LogP contribution < -0.4 is 19.8 Å². The van der Waals surface area contributed by atoms with Crippen molar-refractivity contribution in [1.29, 1.82) is 0 Å². The monoisotopic (exact) mass is 949 g/mol. The Labute approximate surface area is 390 Å². The number of nitrogens with zero attached hydrogens (tertiary/aromatic N) is 6. The molecular formula is C49H50F3N9O6S. The first-order chi connectivity index (χ1) is 32.7. The van der Waals surface area contributed by atoms with E-state index in [9.17, 15) is 32.0 Å². The zero-order valence-corrected chi connectivity index (χ0v) is 38.0. The van der Waals surface area contributed by atoms with Crippen LogP contribution in [-0.4, -0.2) is 127 Å². The van der Waals surface area contributed by atoms with Crippen molar-refractivity contribution in [2.24, 2.45) is 11.3 Å². The minimum absolute atomic E-state index is 0.00522. The average Bonchev–Trinajstić information content (AvgIpc) is 4.13. The van der Waals surface area contributed by atoms with Gasteiger partial charge < -0.3 is 24.6 Å². The molecule has 19 heteroatoms. The minimum atomic E-state index is -4.35. The highest BCUT2D eigenvalue weighted by Gasteiger charge is 2.48. The number of fused-ring (bicyclic) bond motifs is 2. The molecule has 0 saturated carbocycles. The van der Waals surface area contributed by atoms with E-state index >= 15 is 8.78 Å². The van der Waals surface area contributed by atoms with Gasteiger partial charge in [-0.3, -0.25) is 29.2 Å². The number of imide groups is 1. The number of amides is 3. The number of anilines is 3. The molecule has 0 radical (unpaired) electrons. The summed E-state index contributed by atoms with van der Waals surface area (Å²) in [4.78, 5) is 67.5. The summed E-state index contributed by atoms with van der Waals surface area (Å²) in [6.07, 6.45) is 5.55. The average molecular weight is 950 g/mol. The number of alkyl halides is 1. The number of piperidine rings is 2. The van der Waals surface area contributed by atoms with Crippen molar-refractivity contribution in [1.82, 2.24) is 29.4 Å². The van der Waals surface area contributed by atoms with Gasteiger partial charge in [0.2, 0.25) is 17.6 Å². The number of hydrogen-bond acceptors (Lipinski definition) is 10. The summed E-state index contributed by atoms with van der Waals surface area (Å²) in [5.74, 6) is -3.79. The molecule has 3 N–H and O–H groups in total. The zero-order chi connectivity index (χ0) is 47.1. The predicted molar refractivity (Wildman–Crippen MR) is 248 cm³/mol. The molecule has 3 aromatic carbocycles. The lowest BCUT2D eigenvalue weighted by Crippen LogP contribution is -2.58. The number of pyridine rings is 1. The Bertz CT molecular complexity index is 2990. The van der Waals surface area contributed by atoms with Gasteiger partial charge in [-0.15, -0.1) is 0 Å². The molecule has 68 heavy (non-hydrogen) atoms. The van der Waals surface area contributed by atoms with Crippen molar-refractivity contribution in [3.63, 3.8) is 0 Å². The number of aromatic amines is 1. The highest BCUT2D eigenvalue weighted by molar-refractivity contribution is 7.90. The molecule has 5 saturated heterocycles. The highest BCUT2D eigenvalue weighted by atomic mass is 32.2. The lowest BCUT2D eigenvalue weighted by molar-refractivity contribution is -0.136. The summed E-state index contributed by atoms with van der Waals surface area (Å²) in [5.41, 5.74) is 4.29. The van der Waals surface area contributed by atoms with Gasteiger partial charge in [0.1, 0.15) is 23.7 Å². The third kappa shape index (κ3) is 8.06. The number of ketones is 1. The van der Waals surface area contributed by atoms with E-state index in [-0.39, 0.29) is 48.7 Å². The number of H-pyrrole nitrogens is 1. The van der Waals surface area contributed by atoms with Crippen LogP contribution in [-0.2, 0) is 26.3 Å². The lowest BCUT2D eigenvalue weighted by atomic mass is 9.78. The van der Waals surface area contributed by atoms with Crippen LogP contribution in [0.15, 0.2) is 73.1 Å². The molecule has 1 spiro atoms. The second kappa shape index (κ2) is 17.0. The van der Waals surface area contributed by atoms with Crippen molar-refractivity contribution < 1.29 is 40.8 Å². The van der Waals surface area contributed by atoms with E-state index in [1.54, 1.807) is 17.2 Å². The molecule has 2 atom stereocenters. The molecule has 11 rings (SSSR count). The quantitative estimate of drug-likeness (QED) is 0.111. The summed E-state index contributed by atoms with van der Waals surface area (Å²) < 4.78 is 73.2. The molecule has 8 heterocycles. The van der Waals surface area contributed by atoms with Gasteiger partial charge in [-0.05, 0) is 104 Å². The van der Waals surface area contributed by atoms with Crippen molar-refractivity contribution in [2.75, 3.05) is 73.4 Å². The number of aromatic nitrogens is 2. The molecule has 6 aliphatic rings. The van der Waals surface area contributed by atoms with Gasteiger partial charge >= 0.3 is 10.2 Å². The Kier molecular flexibility index (Phi) is 11.1. The van der Waals surface area contributed by atoms with Gasteiger partial charge in [0.15, 0.2) is 5.82 Å². The van der Waals surface area contributed by atoms with Crippen LogP contribution in [0.2, 0.25) is 0 Å². The molecule has 5 fully saturated rings. The number of likely N-dealkylation sites (tertiary alicyclic amines) is 1. The van der Waals surface area contributed by atoms with Crippen molar-refractivity contribution in [3.05, 3.63) is 107 Å².